The summed E-state index contributed by atoms with van der Waals surface area (Å²) < 4.78 is 29.5. The molecule has 0 unspecified atom stereocenters. The Morgan fingerprint density at radius 2 is 1.93 bits per heavy atom. The molecular formula is C14H21N5O9P2. The largest absolute Gasteiger partial charge is 0.374 e. The number of nitrogens with one attached hydrogen (secondary N) is 1. The van der Waals surface area contributed by atoms with Crippen LogP contribution >= 0.6 is 15.2 Å². The Hall–Kier alpha value is -1.92. The molecule has 3 heterocycles. The SMILES string of the molecule is O=C(CP(=O)(O)O)N1C[C@@H](n2cnc3c(=O)[nH]cnc32)[C@H](OCCCP(=O)(O)O)C1. The standard InChI is InChI=1S/C14H21N5O9P2/c20-11(6-30(25,26)27)18-4-9(10(5-18)28-2-1-3-29(22,23)24)19-8-17-12-13(19)15-7-16-14(12)21/h7-10H,1-6H2,(H,15,16,21)(H2,22,23,24)(H2,25,26,27)/t9-,10-/m1/s1. The fourth-order valence-electron chi connectivity index (χ4n) is 3.28. The van der Waals surface area contributed by atoms with Crippen LogP contribution in [0.15, 0.2) is 17.4 Å². The van der Waals surface area contributed by atoms with E-state index in [0.717, 1.165) is 0 Å². The monoisotopic (exact) mass is 465 g/mol. The second-order valence-electron chi connectivity index (χ2n) is 6.90. The molecule has 14 nitrogen and oxygen atoms in total. The van der Waals surface area contributed by atoms with E-state index >= 15 is 0 Å². The van der Waals surface area contributed by atoms with E-state index < -0.39 is 45.0 Å². The highest BCUT2D eigenvalue weighted by Gasteiger charge is 2.39. The first-order valence-electron chi connectivity index (χ1n) is 8.83. The zero-order chi connectivity index (χ0) is 22.1. The maximum Gasteiger partial charge on any atom is 0.334 e. The fraction of sp³-hybridized carbons (Fsp3) is 0.571. The van der Waals surface area contributed by atoms with Gasteiger partial charge < -0.3 is 38.8 Å². The van der Waals surface area contributed by atoms with Gasteiger partial charge in [-0.25, -0.2) is 9.97 Å². The summed E-state index contributed by atoms with van der Waals surface area (Å²) in [6.07, 6.45) is 0.655. The Bertz CT molecular complexity index is 1070. The normalized spacial score (nSPS) is 20.2. The van der Waals surface area contributed by atoms with Crippen LogP contribution in [-0.4, -0.2) is 88.0 Å². The molecule has 16 heteroatoms. The molecule has 0 saturated carbocycles. The molecule has 0 aromatic carbocycles. The van der Waals surface area contributed by atoms with Crippen molar-refractivity contribution in [2.24, 2.45) is 0 Å². The Balaban J connectivity index is 1.81. The van der Waals surface area contributed by atoms with Gasteiger partial charge in [-0.2, -0.15) is 0 Å². The number of hydrogen-bond acceptors (Lipinski definition) is 7. The van der Waals surface area contributed by atoms with Crippen LogP contribution in [0.1, 0.15) is 12.5 Å². The molecule has 1 fully saturated rings. The number of carbonyl (C=O) groups is 1. The van der Waals surface area contributed by atoms with Crippen LogP contribution in [0, 0.1) is 0 Å². The average molecular weight is 465 g/mol. The summed E-state index contributed by atoms with van der Waals surface area (Å²) in [5, 5.41) is 0. The number of hydrogen-bond donors (Lipinski definition) is 5. The topological polar surface area (TPSA) is 208 Å². The molecule has 1 aliphatic rings. The van der Waals surface area contributed by atoms with E-state index in [4.69, 9.17) is 24.3 Å². The lowest BCUT2D eigenvalue weighted by atomic mass is 10.2. The van der Waals surface area contributed by atoms with Gasteiger partial charge in [-0.05, 0) is 6.42 Å². The van der Waals surface area contributed by atoms with Gasteiger partial charge in [0.2, 0.25) is 5.91 Å². The molecular weight excluding hydrogens is 444 g/mol. The highest BCUT2D eigenvalue weighted by atomic mass is 31.2. The molecule has 1 amide bonds. The quantitative estimate of drug-likeness (QED) is 0.227. The molecule has 2 atom stereocenters. The Morgan fingerprint density at radius 3 is 2.60 bits per heavy atom. The average Bonchev–Trinajstić information content (AvgIpc) is 3.21. The summed E-state index contributed by atoms with van der Waals surface area (Å²) in [4.78, 5) is 72.0. The first-order valence-corrected chi connectivity index (χ1v) is 12.4. The minimum atomic E-state index is -4.56. The molecule has 30 heavy (non-hydrogen) atoms. The van der Waals surface area contributed by atoms with Crippen molar-refractivity contribution in [1.82, 2.24) is 24.4 Å². The van der Waals surface area contributed by atoms with Crippen LogP contribution in [0.25, 0.3) is 11.2 Å². The third kappa shape index (κ3) is 5.61. The summed E-state index contributed by atoms with van der Waals surface area (Å²) >= 11 is 0. The number of carbonyl (C=O) groups excluding carboxylic acids is 1. The number of H-pyrrole nitrogens is 1. The van der Waals surface area contributed by atoms with E-state index in [9.17, 15) is 18.7 Å². The van der Waals surface area contributed by atoms with Gasteiger partial charge in [0.25, 0.3) is 5.56 Å². The summed E-state index contributed by atoms with van der Waals surface area (Å²) in [5.74, 6) is -0.759. The predicted molar refractivity (Wildman–Crippen MR) is 102 cm³/mol. The number of nitrogens with zero attached hydrogens (tertiary/aromatic N) is 4. The van der Waals surface area contributed by atoms with Gasteiger partial charge in [0.1, 0.15) is 6.16 Å². The van der Waals surface area contributed by atoms with Gasteiger partial charge in [0.05, 0.1) is 31.0 Å². The van der Waals surface area contributed by atoms with Crippen LogP contribution in [0.3, 0.4) is 0 Å². The second-order valence-corrected chi connectivity index (χ2v) is 10.3. The van der Waals surface area contributed by atoms with Crippen LogP contribution in [0.4, 0.5) is 0 Å². The van der Waals surface area contributed by atoms with E-state index in [2.05, 4.69) is 15.0 Å². The Morgan fingerprint density at radius 1 is 1.20 bits per heavy atom. The molecule has 166 valence electrons. The van der Waals surface area contributed by atoms with Crippen molar-refractivity contribution in [2.75, 3.05) is 32.0 Å². The minimum Gasteiger partial charge on any atom is -0.374 e. The number of imidazole rings is 1. The third-order valence-corrected chi connectivity index (χ3v) is 6.16. The van der Waals surface area contributed by atoms with Gasteiger partial charge in [0.15, 0.2) is 11.2 Å². The predicted octanol–water partition coefficient (Wildman–Crippen LogP) is -1.37. The first kappa shape index (κ1) is 22.8. The lowest BCUT2D eigenvalue weighted by Crippen LogP contribution is -2.32. The highest BCUT2D eigenvalue weighted by molar-refractivity contribution is 7.52. The van der Waals surface area contributed by atoms with Crippen molar-refractivity contribution in [3.8, 4) is 0 Å². The number of aromatic nitrogens is 4. The Labute approximate surface area is 169 Å². The highest BCUT2D eigenvalue weighted by Crippen LogP contribution is 2.37. The van der Waals surface area contributed by atoms with Crippen LogP contribution in [0.5, 0.6) is 0 Å². The summed E-state index contributed by atoms with van der Waals surface area (Å²) in [6, 6.07) is -0.569. The van der Waals surface area contributed by atoms with Crippen molar-refractivity contribution in [3.05, 3.63) is 23.0 Å². The third-order valence-electron chi connectivity index (χ3n) is 4.58. The number of likely N-dealkylation sites (tertiary alicyclic amines) is 1. The van der Waals surface area contributed by atoms with E-state index in [1.54, 1.807) is 4.57 Å². The van der Waals surface area contributed by atoms with Crippen molar-refractivity contribution in [1.29, 1.82) is 0 Å². The lowest BCUT2D eigenvalue weighted by Gasteiger charge is -2.20. The number of amides is 1. The van der Waals surface area contributed by atoms with Gasteiger partial charge in [-0.1, -0.05) is 0 Å². The first-order chi connectivity index (χ1) is 13.9. The Kier molecular flexibility index (Phi) is 6.58. The fourth-order valence-corrected chi connectivity index (χ4v) is 4.37. The second kappa shape index (κ2) is 8.67. The zero-order valence-electron chi connectivity index (χ0n) is 15.6. The maximum atomic E-state index is 12.3. The molecule has 0 radical (unpaired) electrons. The van der Waals surface area contributed by atoms with Gasteiger partial charge in [-0.3, -0.25) is 18.7 Å². The summed E-state index contributed by atoms with van der Waals surface area (Å²) in [7, 11) is -8.73. The number of ether oxygens (including phenoxy) is 1. The molecule has 0 bridgehead atoms. The number of rotatable bonds is 8. The van der Waals surface area contributed by atoms with Crippen molar-refractivity contribution in [2.45, 2.75) is 18.6 Å². The van der Waals surface area contributed by atoms with Crippen molar-refractivity contribution in [3.63, 3.8) is 0 Å². The van der Waals surface area contributed by atoms with E-state index in [1.807, 2.05) is 0 Å². The molecule has 1 saturated heterocycles. The molecule has 0 spiro atoms. The lowest BCUT2D eigenvalue weighted by molar-refractivity contribution is -0.128. The number of fused-ring (bicyclic) bond motifs is 1. The smallest absolute Gasteiger partial charge is 0.334 e. The van der Waals surface area contributed by atoms with Crippen LogP contribution in [0.2, 0.25) is 0 Å². The van der Waals surface area contributed by atoms with E-state index in [-0.39, 0.29) is 43.4 Å². The van der Waals surface area contributed by atoms with Gasteiger partial charge >= 0.3 is 15.2 Å². The molecule has 5 N–H and O–H groups in total. The molecule has 2 aromatic heterocycles. The summed E-state index contributed by atoms with van der Waals surface area (Å²) in [5.41, 5.74) is -0.125. The van der Waals surface area contributed by atoms with Crippen molar-refractivity contribution >= 4 is 32.3 Å². The van der Waals surface area contributed by atoms with Crippen LogP contribution < -0.4 is 5.56 Å². The van der Waals surface area contributed by atoms with Crippen molar-refractivity contribution < 1.29 is 38.2 Å². The molecule has 1 aliphatic heterocycles. The van der Waals surface area contributed by atoms with Crippen LogP contribution in [-0.2, 0) is 18.7 Å². The summed E-state index contributed by atoms with van der Waals surface area (Å²) in [6.45, 7) is 0.0254. The molecule has 2 aromatic rings. The van der Waals surface area contributed by atoms with Gasteiger partial charge in [0, 0.05) is 19.7 Å². The van der Waals surface area contributed by atoms with E-state index in [1.165, 1.54) is 17.6 Å². The minimum absolute atomic E-state index is 0.00226. The zero-order valence-corrected chi connectivity index (χ0v) is 17.4. The maximum absolute atomic E-state index is 12.3. The van der Waals surface area contributed by atoms with Gasteiger partial charge in [-0.15, -0.1) is 0 Å². The van der Waals surface area contributed by atoms with E-state index in [0.29, 0.717) is 0 Å². The molecule has 0 aliphatic carbocycles. The molecule has 3 rings (SSSR count). The number of aromatic amines is 1.